The highest BCUT2D eigenvalue weighted by atomic mass is 35.5. The van der Waals surface area contributed by atoms with Crippen molar-refractivity contribution in [2.75, 3.05) is 0 Å². The number of halogens is 1. The van der Waals surface area contributed by atoms with Crippen molar-refractivity contribution in [1.29, 1.82) is 0 Å². The SMILES string of the molecule is Cc1cc(Cl)c(C)c(-c2c(O)ccc3ccccc23)c1. The lowest BCUT2D eigenvalue weighted by atomic mass is 9.93. The van der Waals surface area contributed by atoms with Crippen LogP contribution in [-0.2, 0) is 0 Å². The molecule has 0 unspecified atom stereocenters. The molecule has 0 saturated heterocycles. The van der Waals surface area contributed by atoms with Crippen LogP contribution in [0.15, 0.2) is 48.5 Å². The average molecular weight is 283 g/mol. The predicted octanol–water partition coefficient (Wildman–Crippen LogP) is 5.48. The summed E-state index contributed by atoms with van der Waals surface area (Å²) in [6, 6.07) is 15.8. The number of phenols is 1. The number of rotatable bonds is 1. The van der Waals surface area contributed by atoms with E-state index in [0.29, 0.717) is 0 Å². The summed E-state index contributed by atoms with van der Waals surface area (Å²) < 4.78 is 0. The quantitative estimate of drug-likeness (QED) is 0.626. The van der Waals surface area contributed by atoms with Crippen LogP contribution < -0.4 is 0 Å². The molecule has 0 radical (unpaired) electrons. The number of fused-ring (bicyclic) bond motifs is 1. The molecule has 0 aliphatic carbocycles. The molecule has 0 heterocycles. The Kier molecular flexibility index (Phi) is 3.15. The van der Waals surface area contributed by atoms with Gasteiger partial charge in [-0.05, 0) is 53.4 Å². The van der Waals surface area contributed by atoms with Gasteiger partial charge in [0.2, 0.25) is 0 Å². The van der Waals surface area contributed by atoms with E-state index in [2.05, 4.69) is 6.07 Å². The molecule has 0 saturated carbocycles. The van der Waals surface area contributed by atoms with Crippen molar-refractivity contribution in [3.8, 4) is 16.9 Å². The highest BCUT2D eigenvalue weighted by molar-refractivity contribution is 6.32. The smallest absolute Gasteiger partial charge is 0.124 e. The van der Waals surface area contributed by atoms with E-state index in [-0.39, 0.29) is 5.75 Å². The van der Waals surface area contributed by atoms with Crippen LogP contribution in [0.1, 0.15) is 11.1 Å². The van der Waals surface area contributed by atoms with Crippen LogP contribution >= 0.6 is 11.6 Å². The molecule has 3 rings (SSSR count). The Labute approximate surface area is 123 Å². The van der Waals surface area contributed by atoms with Crippen molar-refractivity contribution < 1.29 is 5.11 Å². The van der Waals surface area contributed by atoms with E-state index < -0.39 is 0 Å². The first kappa shape index (κ1) is 13.0. The Morgan fingerprint density at radius 2 is 1.70 bits per heavy atom. The average Bonchev–Trinajstić information content (AvgIpc) is 2.43. The molecule has 100 valence electrons. The molecule has 0 fully saturated rings. The normalized spacial score (nSPS) is 10.9. The van der Waals surface area contributed by atoms with Gasteiger partial charge >= 0.3 is 0 Å². The number of phenolic OH excluding ortho intramolecular Hbond substituents is 1. The van der Waals surface area contributed by atoms with E-state index in [1.807, 2.05) is 50.2 Å². The molecule has 0 aliphatic rings. The van der Waals surface area contributed by atoms with Crippen LogP contribution in [0.5, 0.6) is 5.75 Å². The summed E-state index contributed by atoms with van der Waals surface area (Å²) in [5.41, 5.74) is 3.92. The number of aryl methyl sites for hydroxylation is 1. The van der Waals surface area contributed by atoms with Gasteiger partial charge in [0, 0.05) is 10.6 Å². The molecule has 2 heteroatoms. The zero-order valence-electron chi connectivity index (χ0n) is 11.4. The van der Waals surface area contributed by atoms with Gasteiger partial charge in [-0.25, -0.2) is 0 Å². The Hall–Kier alpha value is -1.99. The lowest BCUT2D eigenvalue weighted by Gasteiger charge is -2.14. The molecule has 1 nitrogen and oxygen atoms in total. The van der Waals surface area contributed by atoms with E-state index in [1.54, 1.807) is 6.07 Å². The monoisotopic (exact) mass is 282 g/mol. The molecule has 0 spiro atoms. The topological polar surface area (TPSA) is 20.2 Å². The maximum atomic E-state index is 10.3. The number of hydrogen-bond donors (Lipinski definition) is 1. The molecule has 0 atom stereocenters. The Bertz CT molecular complexity index is 806. The predicted molar refractivity (Wildman–Crippen MR) is 85.5 cm³/mol. The van der Waals surface area contributed by atoms with Crippen molar-refractivity contribution in [2.24, 2.45) is 0 Å². The van der Waals surface area contributed by atoms with Gasteiger partial charge in [-0.1, -0.05) is 48.0 Å². The van der Waals surface area contributed by atoms with Gasteiger partial charge in [0.1, 0.15) is 5.75 Å². The molecule has 3 aromatic rings. The molecule has 0 aliphatic heterocycles. The van der Waals surface area contributed by atoms with Crippen LogP contribution in [0.2, 0.25) is 5.02 Å². The van der Waals surface area contributed by atoms with Crippen molar-refractivity contribution in [2.45, 2.75) is 13.8 Å². The lowest BCUT2D eigenvalue weighted by Crippen LogP contribution is -1.89. The second-order valence-electron chi connectivity index (χ2n) is 5.10. The molecule has 0 amide bonds. The summed E-state index contributed by atoms with van der Waals surface area (Å²) >= 11 is 6.29. The third-order valence-electron chi connectivity index (χ3n) is 3.67. The van der Waals surface area contributed by atoms with Gasteiger partial charge in [-0.15, -0.1) is 0 Å². The summed E-state index contributed by atoms with van der Waals surface area (Å²) in [4.78, 5) is 0. The Morgan fingerprint density at radius 3 is 2.50 bits per heavy atom. The minimum Gasteiger partial charge on any atom is -0.507 e. The van der Waals surface area contributed by atoms with Crippen LogP contribution in [0.4, 0.5) is 0 Å². The van der Waals surface area contributed by atoms with E-state index in [0.717, 1.165) is 38.0 Å². The molecule has 3 aromatic carbocycles. The van der Waals surface area contributed by atoms with Gasteiger partial charge in [-0.3, -0.25) is 0 Å². The van der Waals surface area contributed by atoms with Crippen LogP contribution in [0.25, 0.3) is 21.9 Å². The number of aromatic hydroxyl groups is 1. The molecule has 0 aromatic heterocycles. The molecule has 0 bridgehead atoms. The highest BCUT2D eigenvalue weighted by Gasteiger charge is 2.13. The van der Waals surface area contributed by atoms with Gasteiger partial charge in [-0.2, -0.15) is 0 Å². The molecule has 20 heavy (non-hydrogen) atoms. The van der Waals surface area contributed by atoms with Crippen molar-refractivity contribution in [3.05, 3.63) is 64.7 Å². The van der Waals surface area contributed by atoms with E-state index in [9.17, 15) is 5.11 Å². The minimum absolute atomic E-state index is 0.286. The van der Waals surface area contributed by atoms with E-state index in [4.69, 9.17) is 11.6 Å². The van der Waals surface area contributed by atoms with Gasteiger partial charge in [0.05, 0.1) is 0 Å². The fourth-order valence-corrected chi connectivity index (χ4v) is 2.89. The van der Waals surface area contributed by atoms with E-state index in [1.165, 1.54) is 0 Å². The van der Waals surface area contributed by atoms with Crippen LogP contribution in [0.3, 0.4) is 0 Å². The van der Waals surface area contributed by atoms with Gasteiger partial charge in [0.25, 0.3) is 0 Å². The number of hydrogen-bond acceptors (Lipinski definition) is 1. The fraction of sp³-hybridized carbons (Fsp3) is 0.111. The second-order valence-corrected chi connectivity index (χ2v) is 5.51. The zero-order valence-corrected chi connectivity index (χ0v) is 12.2. The van der Waals surface area contributed by atoms with Gasteiger partial charge < -0.3 is 5.11 Å². The maximum absolute atomic E-state index is 10.3. The second kappa shape index (κ2) is 4.84. The summed E-state index contributed by atoms with van der Waals surface area (Å²) in [6.07, 6.45) is 0. The minimum atomic E-state index is 0.286. The zero-order chi connectivity index (χ0) is 14.3. The Morgan fingerprint density at radius 1 is 0.950 bits per heavy atom. The van der Waals surface area contributed by atoms with Crippen molar-refractivity contribution in [3.63, 3.8) is 0 Å². The first-order valence-corrected chi connectivity index (χ1v) is 6.93. The summed E-state index contributed by atoms with van der Waals surface area (Å²) in [7, 11) is 0. The van der Waals surface area contributed by atoms with Crippen molar-refractivity contribution >= 4 is 22.4 Å². The fourth-order valence-electron chi connectivity index (χ4n) is 2.62. The van der Waals surface area contributed by atoms with E-state index >= 15 is 0 Å². The van der Waals surface area contributed by atoms with Crippen LogP contribution in [-0.4, -0.2) is 5.11 Å². The molecular weight excluding hydrogens is 268 g/mol. The third-order valence-corrected chi connectivity index (χ3v) is 4.06. The lowest BCUT2D eigenvalue weighted by molar-refractivity contribution is 0.478. The maximum Gasteiger partial charge on any atom is 0.124 e. The Balaban J connectivity index is 2.43. The molecule has 1 N–H and O–H groups in total. The third kappa shape index (κ3) is 2.04. The van der Waals surface area contributed by atoms with Crippen molar-refractivity contribution in [1.82, 2.24) is 0 Å². The van der Waals surface area contributed by atoms with Crippen LogP contribution in [0, 0.1) is 13.8 Å². The number of benzene rings is 3. The summed E-state index contributed by atoms with van der Waals surface area (Å²) in [5, 5.41) is 13.2. The largest absolute Gasteiger partial charge is 0.507 e. The first-order chi connectivity index (χ1) is 9.58. The molecular formula is C18H15ClO. The van der Waals surface area contributed by atoms with Gasteiger partial charge in [0.15, 0.2) is 0 Å². The summed E-state index contributed by atoms with van der Waals surface area (Å²) in [5.74, 6) is 0.286. The highest BCUT2D eigenvalue weighted by Crippen LogP contribution is 2.40. The first-order valence-electron chi connectivity index (χ1n) is 6.56. The summed E-state index contributed by atoms with van der Waals surface area (Å²) in [6.45, 7) is 4.00. The standard InChI is InChI=1S/C18H15ClO/c1-11-9-15(12(2)16(19)10-11)18-14-6-4-3-5-13(14)7-8-17(18)20/h3-10,20H,1-2H3.